The topological polar surface area (TPSA) is 94.3 Å². The Kier molecular flexibility index (Phi) is 7.07. The van der Waals surface area contributed by atoms with Crippen LogP contribution in [0, 0.1) is 6.92 Å². The summed E-state index contributed by atoms with van der Waals surface area (Å²) < 4.78 is 7.50. The van der Waals surface area contributed by atoms with Crippen molar-refractivity contribution >= 4 is 22.8 Å². The van der Waals surface area contributed by atoms with Gasteiger partial charge in [-0.25, -0.2) is 9.78 Å². The molecule has 7 nitrogen and oxygen atoms in total. The van der Waals surface area contributed by atoms with Gasteiger partial charge in [-0.3, -0.25) is 9.78 Å². The maximum Gasteiger partial charge on any atom is 0.335 e. The summed E-state index contributed by atoms with van der Waals surface area (Å²) in [7, 11) is 0. The molecule has 0 bridgehead atoms. The van der Waals surface area contributed by atoms with Crippen molar-refractivity contribution in [3.05, 3.63) is 95.1 Å². The lowest BCUT2D eigenvalue weighted by Gasteiger charge is -2.20. The number of ketones is 1. The number of imidazole rings is 1. The van der Waals surface area contributed by atoms with Crippen molar-refractivity contribution < 1.29 is 19.4 Å². The first kappa shape index (κ1) is 24.3. The van der Waals surface area contributed by atoms with Crippen LogP contribution in [0.25, 0.3) is 11.0 Å². The molecule has 180 valence electrons. The van der Waals surface area contributed by atoms with E-state index in [1.165, 1.54) is 13.8 Å². The quantitative estimate of drug-likeness (QED) is 0.328. The molecule has 2 aromatic carbocycles. The van der Waals surface area contributed by atoms with Crippen molar-refractivity contribution in [2.75, 3.05) is 0 Å². The first-order valence-electron chi connectivity index (χ1n) is 11.6. The third-order valence-corrected chi connectivity index (χ3v) is 6.05. The van der Waals surface area contributed by atoms with E-state index in [4.69, 9.17) is 4.74 Å². The summed E-state index contributed by atoms with van der Waals surface area (Å²) in [5.41, 5.74) is 4.16. The molecule has 0 aliphatic heterocycles. The third-order valence-electron chi connectivity index (χ3n) is 6.05. The zero-order valence-electron chi connectivity index (χ0n) is 20.2. The summed E-state index contributed by atoms with van der Waals surface area (Å²) in [6.45, 7) is 5.95. The highest BCUT2D eigenvalue weighted by Gasteiger charge is 2.27. The van der Waals surface area contributed by atoms with Gasteiger partial charge < -0.3 is 14.4 Å². The lowest BCUT2D eigenvalue weighted by Crippen LogP contribution is -2.34. The van der Waals surface area contributed by atoms with Gasteiger partial charge in [0.2, 0.25) is 5.78 Å². The molecule has 7 heteroatoms. The maximum atomic E-state index is 13.2. The maximum absolute atomic E-state index is 13.2. The van der Waals surface area contributed by atoms with E-state index in [9.17, 15) is 14.7 Å². The lowest BCUT2D eigenvalue weighted by molar-refractivity contribution is -0.162. The number of fused-ring (bicyclic) bond motifs is 1. The van der Waals surface area contributed by atoms with E-state index in [0.717, 1.165) is 35.0 Å². The zero-order valence-corrected chi connectivity index (χ0v) is 20.2. The first-order valence-corrected chi connectivity index (χ1v) is 11.6. The minimum absolute atomic E-state index is 0.102. The summed E-state index contributed by atoms with van der Waals surface area (Å²) in [6.07, 6.45) is 5.05. The number of aryl methyl sites for hydroxylation is 3. The van der Waals surface area contributed by atoms with Crippen molar-refractivity contribution in [3.63, 3.8) is 0 Å². The minimum atomic E-state index is -1.23. The molecular weight excluding hydrogens is 442 g/mol. The Morgan fingerprint density at radius 2 is 1.69 bits per heavy atom. The van der Waals surface area contributed by atoms with Gasteiger partial charge >= 0.3 is 5.97 Å². The number of carbonyl (C=O) groups is 2. The second-order valence-electron chi connectivity index (χ2n) is 9.17. The number of pyridine rings is 1. The van der Waals surface area contributed by atoms with E-state index in [2.05, 4.69) is 9.97 Å². The van der Waals surface area contributed by atoms with Crippen LogP contribution in [0.2, 0.25) is 0 Å². The van der Waals surface area contributed by atoms with Crippen LogP contribution in [-0.2, 0) is 29.1 Å². The molecule has 0 fully saturated rings. The number of rotatable bonds is 10. The molecule has 4 aromatic rings. The fourth-order valence-electron chi connectivity index (χ4n) is 3.78. The van der Waals surface area contributed by atoms with E-state index in [-0.39, 0.29) is 12.4 Å². The molecule has 0 radical (unpaired) electrons. The second-order valence-corrected chi connectivity index (χ2v) is 9.17. The van der Waals surface area contributed by atoms with Crippen molar-refractivity contribution in [2.24, 2.45) is 0 Å². The number of carboxylic acids is 1. The number of aromatic nitrogens is 3. The van der Waals surface area contributed by atoms with Crippen LogP contribution < -0.4 is 0 Å². The van der Waals surface area contributed by atoms with Gasteiger partial charge in [-0.05, 0) is 50.8 Å². The molecule has 0 saturated heterocycles. The smallest absolute Gasteiger partial charge is 0.335 e. The van der Waals surface area contributed by atoms with Crippen LogP contribution in [0.1, 0.15) is 53.1 Å². The molecular formula is C28H29N3O4. The number of carboxylic acid groups (broad SMARTS) is 1. The van der Waals surface area contributed by atoms with Gasteiger partial charge in [0.1, 0.15) is 5.52 Å². The molecule has 0 spiro atoms. The fourth-order valence-corrected chi connectivity index (χ4v) is 3.78. The van der Waals surface area contributed by atoms with Crippen LogP contribution in [0.3, 0.4) is 0 Å². The Morgan fingerprint density at radius 3 is 2.37 bits per heavy atom. The van der Waals surface area contributed by atoms with Gasteiger partial charge in [0.15, 0.2) is 11.4 Å². The van der Waals surface area contributed by atoms with Crippen LogP contribution in [0.15, 0.2) is 67.0 Å². The average molecular weight is 472 g/mol. The molecule has 4 rings (SSSR count). The van der Waals surface area contributed by atoms with Crippen LogP contribution >= 0.6 is 0 Å². The molecule has 0 saturated carbocycles. The highest BCUT2D eigenvalue weighted by molar-refractivity contribution is 6.08. The van der Waals surface area contributed by atoms with Crippen LogP contribution in [0.5, 0.6) is 0 Å². The Morgan fingerprint density at radius 1 is 1.00 bits per heavy atom. The number of hydrogen-bond acceptors (Lipinski definition) is 5. The summed E-state index contributed by atoms with van der Waals surface area (Å²) >= 11 is 0. The Bertz CT molecular complexity index is 1340. The van der Waals surface area contributed by atoms with E-state index >= 15 is 0 Å². The Balaban J connectivity index is 1.45. The van der Waals surface area contributed by atoms with Gasteiger partial charge in [0.05, 0.1) is 18.3 Å². The fraction of sp³-hybridized carbons (Fsp3) is 0.286. The molecule has 0 aliphatic carbocycles. The van der Waals surface area contributed by atoms with Crippen LogP contribution in [0.4, 0.5) is 0 Å². The molecule has 1 N–H and O–H groups in total. The summed E-state index contributed by atoms with van der Waals surface area (Å²) in [5.74, 6) is -0.669. The Labute approximate surface area is 204 Å². The van der Waals surface area contributed by atoms with Crippen molar-refractivity contribution in [3.8, 4) is 0 Å². The van der Waals surface area contributed by atoms with Gasteiger partial charge in [0.25, 0.3) is 0 Å². The van der Waals surface area contributed by atoms with Crippen molar-refractivity contribution in [1.29, 1.82) is 0 Å². The van der Waals surface area contributed by atoms with E-state index in [1.807, 2.05) is 66.1 Å². The molecule has 2 heterocycles. The number of carbonyl (C=O) groups excluding carboxylic acids is 1. The average Bonchev–Trinajstić information content (AvgIpc) is 3.22. The predicted octanol–water partition coefficient (Wildman–Crippen LogP) is 4.98. The van der Waals surface area contributed by atoms with Gasteiger partial charge in [-0.15, -0.1) is 0 Å². The summed E-state index contributed by atoms with van der Waals surface area (Å²) in [5, 5.41) is 9.18. The third kappa shape index (κ3) is 5.63. The van der Waals surface area contributed by atoms with E-state index in [1.54, 1.807) is 12.4 Å². The zero-order chi connectivity index (χ0) is 25.0. The van der Waals surface area contributed by atoms with Gasteiger partial charge in [-0.1, -0.05) is 54.1 Å². The molecule has 0 atom stereocenters. The number of benzene rings is 2. The highest BCUT2D eigenvalue weighted by Crippen LogP contribution is 2.20. The summed E-state index contributed by atoms with van der Waals surface area (Å²) in [6, 6.07) is 17.4. The standard InChI is InChI=1S/C28H29N3O4/c1-19-6-12-22(13-7-19)25(32)26-30-23-17-29-15-14-24(23)31(26)16-4-5-20-8-10-21(11-9-20)18-35-28(2,3)27(33)34/h6-15,17H,4-5,16,18H2,1-3H3,(H,33,34). The van der Waals surface area contributed by atoms with Crippen LogP contribution in [-0.4, -0.2) is 37.0 Å². The Hall–Kier alpha value is -3.84. The number of aliphatic carboxylic acids is 1. The van der Waals surface area contributed by atoms with Gasteiger partial charge in [-0.2, -0.15) is 0 Å². The SMILES string of the molecule is Cc1ccc(C(=O)c2nc3cnccc3n2CCCc2ccc(COC(C)(C)C(=O)O)cc2)cc1. The molecule has 0 amide bonds. The highest BCUT2D eigenvalue weighted by atomic mass is 16.5. The second kappa shape index (κ2) is 10.2. The lowest BCUT2D eigenvalue weighted by atomic mass is 10.1. The predicted molar refractivity (Wildman–Crippen MR) is 133 cm³/mol. The van der Waals surface area contributed by atoms with Crippen molar-refractivity contribution in [2.45, 2.75) is 52.4 Å². The summed E-state index contributed by atoms with van der Waals surface area (Å²) in [4.78, 5) is 33.2. The van der Waals surface area contributed by atoms with Crippen molar-refractivity contribution in [1.82, 2.24) is 14.5 Å². The van der Waals surface area contributed by atoms with E-state index < -0.39 is 11.6 Å². The number of ether oxygens (including phenoxy) is 1. The van der Waals surface area contributed by atoms with Gasteiger partial charge in [0, 0.05) is 18.3 Å². The molecule has 2 aromatic heterocycles. The molecule has 0 unspecified atom stereocenters. The number of hydrogen-bond donors (Lipinski definition) is 1. The minimum Gasteiger partial charge on any atom is -0.479 e. The largest absolute Gasteiger partial charge is 0.479 e. The molecule has 35 heavy (non-hydrogen) atoms. The number of nitrogens with zero attached hydrogens (tertiary/aromatic N) is 3. The molecule has 0 aliphatic rings. The monoisotopic (exact) mass is 471 g/mol. The normalized spacial score (nSPS) is 11.6. The van der Waals surface area contributed by atoms with E-state index in [0.29, 0.717) is 23.4 Å². The first-order chi connectivity index (χ1) is 16.7.